The number of anilines is 1. The van der Waals surface area contributed by atoms with Crippen LogP contribution in [0.4, 0.5) is 5.69 Å². The van der Waals surface area contributed by atoms with E-state index in [1.165, 1.54) is 5.56 Å². The third-order valence-corrected chi connectivity index (χ3v) is 3.04. The van der Waals surface area contributed by atoms with Crippen LogP contribution in [0.15, 0.2) is 48.5 Å². The molecule has 106 valence electrons. The van der Waals surface area contributed by atoms with Gasteiger partial charge in [0, 0.05) is 24.7 Å². The molecule has 0 heterocycles. The fourth-order valence-electron chi connectivity index (χ4n) is 2.03. The normalized spacial score (nSPS) is 10.1. The third-order valence-electron chi connectivity index (χ3n) is 3.04. The summed E-state index contributed by atoms with van der Waals surface area (Å²) in [4.78, 5) is 0. The molecule has 3 heteroatoms. The summed E-state index contributed by atoms with van der Waals surface area (Å²) in [5.74, 6) is 1.54. The molecule has 0 amide bonds. The highest BCUT2D eigenvalue weighted by molar-refractivity contribution is 5.54. The monoisotopic (exact) mass is 271 g/mol. The quantitative estimate of drug-likeness (QED) is 0.832. The van der Waals surface area contributed by atoms with Crippen molar-refractivity contribution >= 4 is 5.69 Å². The van der Waals surface area contributed by atoms with Gasteiger partial charge in [-0.15, -0.1) is 0 Å². The van der Waals surface area contributed by atoms with Crippen molar-refractivity contribution in [1.82, 2.24) is 0 Å². The molecule has 0 bridgehead atoms. The summed E-state index contributed by atoms with van der Waals surface area (Å²) in [7, 11) is 1.66. The lowest BCUT2D eigenvalue weighted by molar-refractivity contribution is 0.298. The number of benzene rings is 2. The lowest BCUT2D eigenvalue weighted by Gasteiger charge is -2.13. The Kier molecular flexibility index (Phi) is 5.30. The molecule has 0 aliphatic rings. The van der Waals surface area contributed by atoms with Gasteiger partial charge in [-0.2, -0.15) is 0 Å². The molecule has 20 heavy (non-hydrogen) atoms. The van der Waals surface area contributed by atoms with Gasteiger partial charge >= 0.3 is 0 Å². The number of rotatable bonds is 7. The van der Waals surface area contributed by atoms with E-state index >= 15 is 0 Å². The van der Waals surface area contributed by atoms with Crippen molar-refractivity contribution in [2.45, 2.75) is 13.3 Å². The van der Waals surface area contributed by atoms with Crippen molar-refractivity contribution in [3.63, 3.8) is 0 Å². The van der Waals surface area contributed by atoms with Gasteiger partial charge < -0.3 is 14.8 Å². The van der Waals surface area contributed by atoms with Gasteiger partial charge in [-0.25, -0.2) is 0 Å². The summed E-state index contributed by atoms with van der Waals surface area (Å²) in [5, 5.41) is 3.27. The highest BCUT2D eigenvalue weighted by Gasteiger charge is 2.05. The zero-order valence-corrected chi connectivity index (χ0v) is 12.1. The zero-order chi connectivity index (χ0) is 14.2. The van der Waals surface area contributed by atoms with E-state index < -0.39 is 0 Å². The van der Waals surface area contributed by atoms with Crippen LogP contribution in [-0.4, -0.2) is 20.3 Å². The second-order valence-electron chi connectivity index (χ2n) is 4.48. The minimum absolute atomic E-state index is 0.635. The van der Waals surface area contributed by atoms with Gasteiger partial charge in [0.2, 0.25) is 0 Å². The number of nitrogens with one attached hydrogen (secondary N) is 1. The molecule has 0 spiro atoms. The van der Waals surface area contributed by atoms with Crippen LogP contribution in [0.25, 0.3) is 0 Å². The predicted octanol–water partition coefficient (Wildman–Crippen LogP) is 3.75. The van der Waals surface area contributed by atoms with Crippen LogP contribution in [0.1, 0.15) is 12.5 Å². The van der Waals surface area contributed by atoms with Crippen molar-refractivity contribution in [1.29, 1.82) is 0 Å². The highest BCUT2D eigenvalue weighted by Crippen LogP contribution is 2.30. The predicted molar refractivity (Wildman–Crippen MR) is 82.8 cm³/mol. The van der Waals surface area contributed by atoms with E-state index in [0.717, 1.165) is 30.2 Å². The molecule has 0 saturated heterocycles. The Morgan fingerprint density at radius 2 is 1.80 bits per heavy atom. The van der Waals surface area contributed by atoms with Crippen molar-refractivity contribution < 1.29 is 9.47 Å². The van der Waals surface area contributed by atoms with Crippen molar-refractivity contribution in [2.24, 2.45) is 0 Å². The minimum Gasteiger partial charge on any atom is -0.493 e. The zero-order valence-electron chi connectivity index (χ0n) is 12.1. The topological polar surface area (TPSA) is 30.5 Å². The molecule has 0 aromatic heterocycles. The van der Waals surface area contributed by atoms with Crippen LogP contribution in [-0.2, 0) is 6.42 Å². The summed E-state index contributed by atoms with van der Waals surface area (Å²) < 4.78 is 11.2. The van der Waals surface area contributed by atoms with Crippen molar-refractivity contribution in [3.05, 3.63) is 54.1 Å². The molecule has 2 rings (SSSR count). The molecular weight excluding hydrogens is 250 g/mol. The van der Waals surface area contributed by atoms with Crippen LogP contribution >= 0.6 is 0 Å². The molecule has 0 atom stereocenters. The van der Waals surface area contributed by atoms with Crippen LogP contribution in [0.3, 0.4) is 0 Å². The van der Waals surface area contributed by atoms with Gasteiger partial charge in [0.25, 0.3) is 0 Å². The Labute approximate surface area is 120 Å². The first kappa shape index (κ1) is 14.3. The standard InChI is InChI=1S/C17H21NO2/c1-3-18-15-9-10-16(19-2)17(13-15)20-12-11-14-7-5-4-6-8-14/h4-10,13,18H,3,11-12H2,1-2H3. The maximum Gasteiger partial charge on any atom is 0.163 e. The van der Waals surface area contributed by atoms with E-state index in [9.17, 15) is 0 Å². The van der Waals surface area contributed by atoms with E-state index in [-0.39, 0.29) is 0 Å². The molecule has 0 fully saturated rings. The van der Waals surface area contributed by atoms with E-state index in [1.807, 2.05) is 36.4 Å². The Morgan fingerprint density at radius 3 is 2.50 bits per heavy atom. The Morgan fingerprint density at radius 1 is 1.00 bits per heavy atom. The smallest absolute Gasteiger partial charge is 0.163 e. The minimum atomic E-state index is 0.635. The fourth-order valence-corrected chi connectivity index (χ4v) is 2.03. The molecule has 2 aromatic carbocycles. The van der Waals surface area contributed by atoms with Gasteiger partial charge in [-0.3, -0.25) is 0 Å². The average molecular weight is 271 g/mol. The van der Waals surface area contributed by atoms with Gasteiger partial charge in [0.15, 0.2) is 11.5 Å². The Balaban J connectivity index is 1.98. The molecule has 0 aliphatic carbocycles. The first-order chi connectivity index (χ1) is 9.83. The van der Waals surface area contributed by atoms with Gasteiger partial charge in [0.1, 0.15) is 0 Å². The molecule has 0 radical (unpaired) electrons. The fraction of sp³-hybridized carbons (Fsp3) is 0.294. The molecular formula is C17H21NO2. The number of hydrogen-bond donors (Lipinski definition) is 1. The van der Waals surface area contributed by atoms with Gasteiger partial charge in [-0.05, 0) is 24.6 Å². The summed E-state index contributed by atoms with van der Waals surface area (Å²) >= 11 is 0. The number of methoxy groups -OCH3 is 1. The van der Waals surface area contributed by atoms with E-state index in [0.29, 0.717) is 6.61 Å². The van der Waals surface area contributed by atoms with Crippen LogP contribution in [0, 0.1) is 0 Å². The summed E-state index contributed by atoms with van der Waals surface area (Å²) in [6.07, 6.45) is 0.884. The van der Waals surface area contributed by atoms with Crippen molar-refractivity contribution in [3.8, 4) is 11.5 Å². The molecule has 0 unspecified atom stereocenters. The Hall–Kier alpha value is -2.16. The third kappa shape index (κ3) is 3.92. The van der Waals surface area contributed by atoms with Gasteiger partial charge in [-0.1, -0.05) is 30.3 Å². The molecule has 0 saturated carbocycles. The van der Waals surface area contributed by atoms with E-state index in [4.69, 9.17) is 9.47 Å². The second-order valence-corrected chi connectivity index (χ2v) is 4.48. The first-order valence-corrected chi connectivity index (χ1v) is 6.92. The van der Waals surface area contributed by atoms with Crippen LogP contribution in [0.2, 0.25) is 0 Å². The maximum absolute atomic E-state index is 5.85. The second kappa shape index (κ2) is 7.43. The molecule has 0 aliphatic heterocycles. The van der Waals surface area contributed by atoms with Crippen LogP contribution < -0.4 is 14.8 Å². The number of hydrogen-bond acceptors (Lipinski definition) is 3. The highest BCUT2D eigenvalue weighted by atomic mass is 16.5. The van der Waals surface area contributed by atoms with E-state index in [1.54, 1.807) is 7.11 Å². The summed E-state index contributed by atoms with van der Waals surface area (Å²) in [6, 6.07) is 16.2. The average Bonchev–Trinajstić information content (AvgIpc) is 2.49. The summed E-state index contributed by atoms with van der Waals surface area (Å²) in [5.41, 5.74) is 2.32. The molecule has 1 N–H and O–H groups in total. The summed E-state index contributed by atoms with van der Waals surface area (Å²) in [6.45, 7) is 3.59. The largest absolute Gasteiger partial charge is 0.493 e. The number of ether oxygens (including phenoxy) is 2. The van der Waals surface area contributed by atoms with E-state index in [2.05, 4.69) is 24.4 Å². The first-order valence-electron chi connectivity index (χ1n) is 6.92. The molecule has 3 nitrogen and oxygen atoms in total. The van der Waals surface area contributed by atoms with Gasteiger partial charge in [0.05, 0.1) is 13.7 Å². The van der Waals surface area contributed by atoms with Crippen LogP contribution in [0.5, 0.6) is 11.5 Å². The SMILES string of the molecule is CCNc1ccc(OC)c(OCCc2ccccc2)c1. The Bertz CT molecular complexity index is 526. The maximum atomic E-state index is 5.85. The molecule has 2 aromatic rings. The lowest BCUT2D eigenvalue weighted by atomic mass is 10.2. The lowest BCUT2D eigenvalue weighted by Crippen LogP contribution is -2.04. The van der Waals surface area contributed by atoms with Crippen molar-refractivity contribution in [2.75, 3.05) is 25.6 Å².